The van der Waals surface area contributed by atoms with E-state index in [2.05, 4.69) is 30.9 Å². The number of carbonyl (C=O) groups excluding carboxylic acids is 2. The lowest BCUT2D eigenvalue weighted by Gasteiger charge is -2.19. The van der Waals surface area contributed by atoms with Crippen molar-refractivity contribution in [3.05, 3.63) is 64.7 Å². The summed E-state index contributed by atoms with van der Waals surface area (Å²) in [6, 6.07) is 12.4. The Morgan fingerprint density at radius 1 is 1.00 bits per heavy atom. The second-order valence-corrected chi connectivity index (χ2v) is 11.6. The summed E-state index contributed by atoms with van der Waals surface area (Å²) in [5.74, 6) is -1.92. The zero-order valence-electron chi connectivity index (χ0n) is 22.0. The van der Waals surface area contributed by atoms with Crippen LogP contribution in [0.25, 0.3) is 0 Å². The van der Waals surface area contributed by atoms with E-state index in [1.807, 2.05) is 12.1 Å². The van der Waals surface area contributed by atoms with Crippen molar-refractivity contribution in [3.8, 4) is 6.01 Å². The monoisotopic (exact) mass is 627 g/mol. The van der Waals surface area contributed by atoms with Crippen molar-refractivity contribution in [2.45, 2.75) is 31.5 Å². The SMILES string of the molecule is CC(=O)NS(=O)(=O)CCNC(=O)c1ccc(Nc2nc(NC3(c4ccc(Cl)cc4)CC3)nc(OCC(F)(F)F)n2)cc1. The van der Waals surface area contributed by atoms with E-state index in [0.29, 0.717) is 10.7 Å². The van der Waals surface area contributed by atoms with E-state index in [0.717, 1.165) is 25.3 Å². The van der Waals surface area contributed by atoms with Crippen LogP contribution in [0.15, 0.2) is 48.5 Å². The zero-order valence-corrected chi connectivity index (χ0v) is 23.5. The van der Waals surface area contributed by atoms with Gasteiger partial charge in [0.25, 0.3) is 5.91 Å². The summed E-state index contributed by atoms with van der Waals surface area (Å²) in [5.41, 5.74) is 0.961. The average Bonchev–Trinajstić information content (AvgIpc) is 3.67. The van der Waals surface area contributed by atoms with Crippen molar-refractivity contribution < 1.29 is 35.9 Å². The predicted molar refractivity (Wildman–Crippen MR) is 147 cm³/mol. The highest BCUT2D eigenvalue weighted by atomic mass is 35.5. The van der Waals surface area contributed by atoms with E-state index < -0.39 is 51.9 Å². The number of nitrogens with zero attached hydrogens (tertiary/aromatic N) is 3. The summed E-state index contributed by atoms with van der Waals surface area (Å²) in [6.07, 6.45) is -3.16. The molecule has 0 radical (unpaired) electrons. The Morgan fingerprint density at radius 3 is 2.24 bits per heavy atom. The first-order chi connectivity index (χ1) is 19.7. The molecular formula is C25H25ClF3N7O5S. The molecule has 1 aliphatic rings. The Labute approximate surface area is 243 Å². The summed E-state index contributed by atoms with van der Waals surface area (Å²) in [6.45, 7) is -0.782. The number of halogens is 4. The number of amides is 2. The molecule has 1 aromatic heterocycles. The highest BCUT2D eigenvalue weighted by Crippen LogP contribution is 2.48. The van der Waals surface area contributed by atoms with E-state index in [9.17, 15) is 31.2 Å². The molecule has 4 N–H and O–H groups in total. The summed E-state index contributed by atoms with van der Waals surface area (Å²) >= 11 is 5.99. The lowest BCUT2D eigenvalue weighted by Crippen LogP contribution is -2.36. The van der Waals surface area contributed by atoms with Gasteiger partial charge in [-0.3, -0.25) is 14.3 Å². The van der Waals surface area contributed by atoms with E-state index in [-0.39, 0.29) is 24.0 Å². The predicted octanol–water partition coefficient (Wildman–Crippen LogP) is 3.51. The molecule has 0 spiro atoms. The molecule has 0 bridgehead atoms. The molecule has 1 fully saturated rings. The fourth-order valence-electron chi connectivity index (χ4n) is 3.78. The Kier molecular flexibility index (Phi) is 9.06. The minimum Gasteiger partial charge on any atom is -0.454 e. The molecule has 224 valence electrons. The zero-order chi connectivity index (χ0) is 30.5. The molecule has 42 heavy (non-hydrogen) atoms. The summed E-state index contributed by atoms with van der Waals surface area (Å²) < 4.78 is 68.4. The molecule has 1 heterocycles. The van der Waals surface area contributed by atoms with Gasteiger partial charge >= 0.3 is 12.2 Å². The van der Waals surface area contributed by atoms with Crippen LogP contribution >= 0.6 is 11.6 Å². The van der Waals surface area contributed by atoms with Gasteiger partial charge in [-0.05, 0) is 54.8 Å². The van der Waals surface area contributed by atoms with E-state index in [1.165, 1.54) is 24.3 Å². The maximum Gasteiger partial charge on any atom is 0.422 e. The number of ether oxygens (including phenoxy) is 1. The number of hydrogen-bond donors (Lipinski definition) is 4. The topological polar surface area (TPSA) is 164 Å². The lowest BCUT2D eigenvalue weighted by molar-refractivity contribution is -0.154. The third-order valence-corrected chi connectivity index (χ3v) is 7.43. The van der Waals surface area contributed by atoms with Gasteiger partial charge in [0, 0.05) is 29.7 Å². The molecule has 4 rings (SSSR count). The van der Waals surface area contributed by atoms with Crippen molar-refractivity contribution in [2.24, 2.45) is 0 Å². The fraction of sp³-hybridized carbons (Fsp3) is 0.320. The van der Waals surface area contributed by atoms with Gasteiger partial charge in [0.2, 0.25) is 27.8 Å². The second-order valence-electron chi connectivity index (χ2n) is 9.32. The highest BCUT2D eigenvalue weighted by molar-refractivity contribution is 7.90. The van der Waals surface area contributed by atoms with Crippen molar-refractivity contribution >= 4 is 51.0 Å². The molecule has 3 aromatic rings. The molecule has 2 amide bonds. The van der Waals surface area contributed by atoms with Gasteiger partial charge in [-0.1, -0.05) is 23.7 Å². The van der Waals surface area contributed by atoms with Crippen LogP contribution in [0.4, 0.5) is 30.8 Å². The van der Waals surface area contributed by atoms with Crippen LogP contribution in [0.5, 0.6) is 6.01 Å². The Hall–Kier alpha value is -4.18. The van der Waals surface area contributed by atoms with Crippen LogP contribution in [0.1, 0.15) is 35.7 Å². The Morgan fingerprint density at radius 2 is 1.64 bits per heavy atom. The first-order valence-electron chi connectivity index (χ1n) is 12.4. The molecule has 0 atom stereocenters. The summed E-state index contributed by atoms with van der Waals surface area (Å²) in [7, 11) is -3.87. The normalized spacial score (nSPS) is 14.0. The first kappa shape index (κ1) is 30.8. The van der Waals surface area contributed by atoms with Gasteiger partial charge in [0.15, 0.2) is 6.61 Å². The molecule has 1 aliphatic carbocycles. The van der Waals surface area contributed by atoms with Gasteiger partial charge in [-0.2, -0.15) is 28.1 Å². The maximum absolute atomic E-state index is 12.8. The molecule has 12 nitrogen and oxygen atoms in total. The van der Waals surface area contributed by atoms with E-state index >= 15 is 0 Å². The molecule has 1 saturated carbocycles. The maximum atomic E-state index is 12.8. The van der Waals surface area contributed by atoms with Gasteiger partial charge in [-0.25, -0.2) is 8.42 Å². The van der Waals surface area contributed by atoms with Crippen molar-refractivity contribution in [3.63, 3.8) is 0 Å². The molecule has 0 unspecified atom stereocenters. The number of alkyl halides is 3. The van der Waals surface area contributed by atoms with Crippen LogP contribution in [0, 0.1) is 0 Å². The first-order valence-corrected chi connectivity index (χ1v) is 14.4. The van der Waals surface area contributed by atoms with Gasteiger partial charge in [-0.15, -0.1) is 0 Å². The fourth-order valence-corrected chi connectivity index (χ4v) is 4.81. The molecule has 2 aromatic carbocycles. The largest absolute Gasteiger partial charge is 0.454 e. The van der Waals surface area contributed by atoms with Crippen LogP contribution in [-0.2, 0) is 20.4 Å². The highest BCUT2D eigenvalue weighted by Gasteiger charge is 2.45. The molecular weight excluding hydrogens is 603 g/mol. The van der Waals surface area contributed by atoms with Crippen LogP contribution in [0.2, 0.25) is 5.02 Å². The number of aromatic nitrogens is 3. The number of nitrogens with one attached hydrogen (secondary N) is 4. The van der Waals surface area contributed by atoms with Crippen LogP contribution in [-0.4, -0.2) is 60.3 Å². The van der Waals surface area contributed by atoms with E-state index in [1.54, 1.807) is 16.9 Å². The number of carbonyl (C=O) groups is 2. The average molecular weight is 628 g/mol. The number of benzene rings is 2. The Balaban J connectivity index is 1.46. The number of hydrogen-bond acceptors (Lipinski definition) is 10. The number of rotatable bonds is 12. The van der Waals surface area contributed by atoms with Crippen molar-refractivity contribution in [2.75, 3.05) is 29.5 Å². The van der Waals surface area contributed by atoms with Crippen molar-refractivity contribution in [1.82, 2.24) is 25.0 Å². The summed E-state index contributed by atoms with van der Waals surface area (Å²) in [4.78, 5) is 35.5. The Bertz CT molecular complexity index is 1550. The number of anilines is 3. The van der Waals surface area contributed by atoms with Gasteiger partial charge in [0.05, 0.1) is 11.3 Å². The number of sulfonamides is 1. The molecule has 17 heteroatoms. The lowest BCUT2D eigenvalue weighted by atomic mass is 10.1. The molecule has 0 saturated heterocycles. The van der Waals surface area contributed by atoms with Gasteiger partial charge in [0.1, 0.15) is 0 Å². The standard InChI is InChI=1S/C25H25ClF3N7O5S/c1-15(37)36-42(39,40)13-12-30-20(38)16-2-8-19(9-3-16)31-21-32-22(34-23(33-21)41-14-25(27,28)29)35-24(10-11-24)17-4-6-18(26)7-5-17/h2-9H,10-14H2,1H3,(H,30,38)(H,36,37)(H2,31,32,33,34,35). The third-order valence-electron chi connectivity index (χ3n) is 5.84. The minimum absolute atomic E-state index is 0.0117. The smallest absolute Gasteiger partial charge is 0.422 e. The van der Waals surface area contributed by atoms with Gasteiger partial charge < -0.3 is 20.7 Å². The van der Waals surface area contributed by atoms with E-state index in [4.69, 9.17) is 16.3 Å². The minimum atomic E-state index is -4.61. The van der Waals surface area contributed by atoms with Crippen molar-refractivity contribution in [1.29, 1.82) is 0 Å². The molecule has 0 aliphatic heterocycles. The van der Waals surface area contributed by atoms with Crippen LogP contribution < -0.4 is 25.4 Å². The second kappa shape index (κ2) is 12.4. The summed E-state index contributed by atoms with van der Waals surface area (Å²) in [5, 5.41) is 9.01. The quantitative estimate of drug-likeness (QED) is 0.234. The van der Waals surface area contributed by atoms with Crippen LogP contribution in [0.3, 0.4) is 0 Å². The third kappa shape index (κ3) is 8.91.